The van der Waals surface area contributed by atoms with Crippen molar-refractivity contribution in [2.24, 2.45) is 0 Å². The summed E-state index contributed by atoms with van der Waals surface area (Å²) in [7, 11) is 0. The van der Waals surface area contributed by atoms with Crippen LogP contribution in [0.15, 0.2) is 61.6 Å². The molecule has 0 radical (unpaired) electrons. The van der Waals surface area contributed by atoms with Gasteiger partial charge in [-0.3, -0.25) is 14.5 Å². The quantitative estimate of drug-likeness (QED) is 0.390. The molecule has 0 atom stereocenters. The predicted molar refractivity (Wildman–Crippen MR) is 124 cm³/mol. The van der Waals surface area contributed by atoms with Crippen molar-refractivity contribution in [3.05, 3.63) is 78.8 Å². The second-order valence-corrected chi connectivity index (χ2v) is 8.32. The number of carbonyl (C=O) groups is 1. The Morgan fingerprint density at radius 1 is 1.11 bits per heavy atom. The van der Waals surface area contributed by atoms with Crippen LogP contribution in [0.25, 0.3) is 28.0 Å². The summed E-state index contributed by atoms with van der Waals surface area (Å²) in [5.74, 6) is 0.0600. The molecule has 1 aromatic carbocycles. The standard InChI is InChI=1S/C24H20FN9O/c25-19-4-2-1-3-17(19)16-10-29-24(30-11-16)34-21-9-20(23(35)27-7-8-33-14-26-13-31-33)28-12-18(21)22(32-34)15-5-6-15/h1-4,9-15H,5-8H2,(H,27,35). The highest BCUT2D eigenvalue weighted by Crippen LogP contribution is 2.42. The summed E-state index contributed by atoms with van der Waals surface area (Å²) in [6, 6.07) is 8.19. The van der Waals surface area contributed by atoms with Gasteiger partial charge in [0.05, 0.1) is 17.8 Å². The van der Waals surface area contributed by atoms with Crippen molar-refractivity contribution < 1.29 is 9.18 Å². The summed E-state index contributed by atoms with van der Waals surface area (Å²) in [4.78, 5) is 29.9. The van der Waals surface area contributed by atoms with Crippen LogP contribution in [0.4, 0.5) is 4.39 Å². The van der Waals surface area contributed by atoms with E-state index in [-0.39, 0.29) is 17.4 Å². The average Bonchev–Trinajstić information content (AvgIpc) is 3.46. The van der Waals surface area contributed by atoms with Crippen molar-refractivity contribution in [2.75, 3.05) is 6.54 Å². The molecule has 0 bridgehead atoms. The van der Waals surface area contributed by atoms with E-state index in [2.05, 4.69) is 30.4 Å². The minimum absolute atomic E-state index is 0.266. The summed E-state index contributed by atoms with van der Waals surface area (Å²) in [5, 5.41) is 12.5. The summed E-state index contributed by atoms with van der Waals surface area (Å²) >= 11 is 0. The highest BCUT2D eigenvalue weighted by atomic mass is 19.1. The first-order chi connectivity index (χ1) is 17.2. The first-order valence-corrected chi connectivity index (χ1v) is 11.2. The average molecular weight is 469 g/mol. The molecular weight excluding hydrogens is 449 g/mol. The topological polar surface area (TPSA) is 116 Å². The lowest BCUT2D eigenvalue weighted by atomic mass is 10.1. The van der Waals surface area contributed by atoms with Crippen LogP contribution in [-0.2, 0) is 6.54 Å². The Balaban J connectivity index is 1.31. The molecule has 1 aliphatic carbocycles. The van der Waals surface area contributed by atoms with Gasteiger partial charge in [0.2, 0.25) is 0 Å². The van der Waals surface area contributed by atoms with Gasteiger partial charge in [-0.25, -0.2) is 19.3 Å². The molecule has 11 heteroatoms. The van der Waals surface area contributed by atoms with Crippen LogP contribution >= 0.6 is 0 Å². The lowest BCUT2D eigenvalue weighted by Gasteiger charge is -2.06. The zero-order chi connectivity index (χ0) is 23.8. The molecule has 1 aliphatic rings. The van der Waals surface area contributed by atoms with Crippen LogP contribution in [0, 0.1) is 5.82 Å². The largest absolute Gasteiger partial charge is 0.349 e. The molecule has 4 aromatic heterocycles. The fourth-order valence-corrected chi connectivity index (χ4v) is 3.96. The van der Waals surface area contributed by atoms with Gasteiger partial charge >= 0.3 is 0 Å². The van der Waals surface area contributed by atoms with Crippen molar-refractivity contribution in [1.29, 1.82) is 0 Å². The molecule has 5 aromatic rings. The third-order valence-electron chi connectivity index (χ3n) is 5.90. The number of pyridine rings is 1. The monoisotopic (exact) mass is 469 g/mol. The molecule has 6 rings (SSSR count). The van der Waals surface area contributed by atoms with Gasteiger partial charge in [-0.15, -0.1) is 0 Å². The number of fused-ring (bicyclic) bond motifs is 1. The summed E-state index contributed by atoms with van der Waals surface area (Å²) in [6.07, 6.45) is 9.99. The number of hydrogen-bond acceptors (Lipinski definition) is 7. The van der Waals surface area contributed by atoms with Crippen molar-refractivity contribution in [3.63, 3.8) is 0 Å². The van der Waals surface area contributed by atoms with Crippen molar-refractivity contribution >= 4 is 16.8 Å². The molecule has 1 fully saturated rings. The second kappa shape index (κ2) is 8.67. The minimum Gasteiger partial charge on any atom is -0.349 e. The Hall–Kier alpha value is -4.54. The van der Waals surface area contributed by atoms with E-state index in [4.69, 9.17) is 5.10 Å². The zero-order valence-electron chi connectivity index (χ0n) is 18.5. The Kier molecular flexibility index (Phi) is 5.21. The number of nitrogens with zero attached hydrogens (tertiary/aromatic N) is 8. The molecule has 1 amide bonds. The molecule has 0 spiro atoms. The van der Waals surface area contributed by atoms with Gasteiger partial charge in [0.15, 0.2) is 0 Å². The van der Waals surface area contributed by atoms with Crippen LogP contribution in [0.1, 0.15) is 34.9 Å². The van der Waals surface area contributed by atoms with Crippen LogP contribution in [0.3, 0.4) is 0 Å². The number of benzene rings is 1. The zero-order valence-corrected chi connectivity index (χ0v) is 18.5. The first-order valence-electron chi connectivity index (χ1n) is 11.2. The molecule has 10 nitrogen and oxygen atoms in total. The smallest absolute Gasteiger partial charge is 0.270 e. The maximum atomic E-state index is 14.2. The Bertz CT molecular complexity index is 1510. The molecule has 1 N–H and O–H groups in total. The van der Waals surface area contributed by atoms with Crippen molar-refractivity contribution in [2.45, 2.75) is 25.3 Å². The summed E-state index contributed by atoms with van der Waals surface area (Å²) in [5.41, 5.74) is 2.88. The highest BCUT2D eigenvalue weighted by Gasteiger charge is 2.30. The van der Waals surface area contributed by atoms with E-state index in [1.807, 2.05) is 0 Å². The van der Waals surface area contributed by atoms with Crippen molar-refractivity contribution in [3.8, 4) is 17.1 Å². The number of halogens is 1. The number of hydrogen-bond donors (Lipinski definition) is 1. The van der Waals surface area contributed by atoms with Gasteiger partial charge in [0, 0.05) is 47.6 Å². The van der Waals surface area contributed by atoms with E-state index in [0.717, 1.165) is 23.9 Å². The summed E-state index contributed by atoms with van der Waals surface area (Å²) < 4.78 is 17.4. The molecule has 0 aliphatic heterocycles. The fourth-order valence-electron chi connectivity index (χ4n) is 3.96. The van der Waals surface area contributed by atoms with Gasteiger partial charge < -0.3 is 5.32 Å². The SMILES string of the molecule is O=C(NCCn1cncn1)c1cc2c(cn1)c(C1CC1)nn2-c1ncc(-c2ccccc2F)cn1. The number of aromatic nitrogens is 8. The van der Waals surface area contributed by atoms with Crippen molar-refractivity contribution in [1.82, 2.24) is 44.8 Å². The lowest BCUT2D eigenvalue weighted by molar-refractivity contribution is 0.0947. The number of rotatable bonds is 7. The first kappa shape index (κ1) is 21.0. The van der Waals surface area contributed by atoms with Crippen LogP contribution in [0.5, 0.6) is 0 Å². The predicted octanol–water partition coefficient (Wildman–Crippen LogP) is 2.92. The molecule has 0 saturated heterocycles. The van der Waals surface area contributed by atoms with E-state index in [1.165, 1.54) is 12.4 Å². The normalized spacial score (nSPS) is 13.3. The van der Waals surface area contributed by atoms with Crippen LogP contribution in [-0.4, -0.2) is 51.9 Å². The maximum Gasteiger partial charge on any atom is 0.270 e. The molecule has 4 heterocycles. The fraction of sp³-hybridized carbons (Fsp3) is 0.208. The van der Waals surface area contributed by atoms with Gasteiger partial charge in [0.1, 0.15) is 24.2 Å². The highest BCUT2D eigenvalue weighted by molar-refractivity contribution is 5.96. The van der Waals surface area contributed by atoms with Gasteiger partial charge in [-0.1, -0.05) is 18.2 Å². The van der Waals surface area contributed by atoms with E-state index in [0.29, 0.717) is 41.6 Å². The van der Waals surface area contributed by atoms with Gasteiger partial charge in [0.25, 0.3) is 11.9 Å². The van der Waals surface area contributed by atoms with E-state index in [1.54, 1.807) is 58.5 Å². The molecular formula is C24H20FN9O. The van der Waals surface area contributed by atoms with Gasteiger partial charge in [-0.2, -0.15) is 14.9 Å². The molecule has 0 unspecified atom stereocenters. The number of carbonyl (C=O) groups excluding carboxylic acids is 1. The third kappa shape index (κ3) is 4.12. The Morgan fingerprint density at radius 2 is 1.94 bits per heavy atom. The second-order valence-electron chi connectivity index (χ2n) is 8.32. The van der Waals surface area contributed by atoms with Crippen LogP contribution < -0.4 is 5.32 Å². The number of nitrogens with one attached hydrogen (secondary N) is 1. The maximum absolute atomic E-state index is 14.2. The number of amides is 1. The van der Waals surface area contributed by atoms with E-state index < -0.39 is 0 Å². The molecule has 174 valence electrons. The Labute approximate surface area is 198 Å². The summed E-state index contributed by atoms with van der Waals surface area (Å²) in [6.45, 7) is 0.884. The molecule has 35 heavy (non-hydrogen) atoms. The van der Waals surface area contributed by atoms with Crippen LogP contribution in [0.2, 0.25) is 0 Å². The lowest BCUT2D eigenvalue weighted by Crippen LogP contribution is -2.28. The Morgan fingerprint density at radius 3 is 2.69 bits per heavy atom. The third-order valence-corrected chi connectivity index (χ3v) is 5.90. The van der Waals surface area contributed by atoms with Gasteiger partial charge in [-0.05, 0) is 25.0 Å². The van der Waals surface area contributed by atoms with E-state index in [9.17, 15) is 9.18 Å². The van der Waals surface area contributed by atoms with E-state index >= 15 is 0 Å². The molecule has 1 saturated carbocycles. The minimum atomic E-state index is -0.338.